The van der Waals surface area contributed by atoms with Crippen LogP contribution in [0.3, 0.4) is 0 Å². The summed E-state index contributed by atoms with van der Waals surface area (Å²) in [7, 11) is -0.794. The molecule has 0 amide bonds. The second-order valence-electron chi connectivity index (χ2n) is 5.54. The van der Waals surface area contributed by atoms with E-state index in [1.807, 2.05) is 0 Å². The molecule has 0 bridgehead atoms. The maximum Gasteiger partial charge on any atom is 0.0788 e. The number of allylic oxidation sites excluding steroid dienone is 2. The van der Waals surface area contributed by atoms with Gasteiger partial charge in [-0.25, -0.2) is 0 Å². The van der Waals surface area contributed by atoms with Crippen molar-refractivity contribution in [2.24, 2.45) is 0 Å². The maximum absolute atomic E-state index is 6.21. The molecular weight excluding hydrogens is 418 g/mol. The quantitative estimate of drug-likeness (QED) is 0.312. The fourth-order valence-corrected chi connectivity index (χ4v) is 7.64. The zero-order valence-corrected chi connectivity index (χ0v) is 18.3. The first-order valence-corrected chi connectivity index (χ1v) is 11.9. The average Bonchev–Trinajstić information content (AvgIpc) is 2.45. The van der Waals surface area contributed by atoms with Gasteiger partial charge in [0.05, 0.1) is 24.6 Å². The van der Waals surface area contributed by atoms with Crippen LogP contribution >= 0.6 is 34.8 Å². The number of unbranched alkanes of at least 4 members (excludes halogenated alkanes) is 3. The van der Waals surface area contributed by atoms with Crippen molar-refractivity contribution in [1.82, 2.24) is 0 Å². The highest BCUT2D eigenvalue weighted by Gasteiger charge is 2.34. The normalized spacial score (nSPS) is 12.3. The van der Waals surface area contributed by atoms with Crippen molar-refractivity contribution in [3.63, 3.8) is 0 Å². The molecule has 0 aliphatic heterocycles. The number of hydrogen-bond donors (Lipinski definition) is 0. The smallest absolute Gasteiger partial charge is 0.0788 e. The molecule has 0 aliphatic rings. The second kappa shape index (κ2) is 15.3. The molecule has 0 aromatic rings. The van der Waals surface area contributed by atoms with Gasteiger partial charge in [-0.3, -0.25) is 0 Å². The van der Waals surface area contributed by atoms with Crippen LogP contribution in [0.15, 0.2) is 11.1 Å². The lowest BCUT2D eigenvalue weighted by atomic mass is 10.4. The highest BCUT2D eigenvalue weighted by Crippen LogP contribution is 2.60. The standard InChI is InChI=1S/C16H32BrClP.BrH/c1-4-7-11-19(12-8-5-2,13-9-6-3)14-10-16(18)15-17;/h10H,4-9,11-15H2,1-3H3;1H/q+1;/p-1. The minimum absolute atomic E-state index is 0. The second-order valence-corrected chi connectivity index (χ2v) is 11.0. The number of rotatable bonds is 12. The molecule has 0 aromatic carbocycles. The third kappa shape index (κ3) is 11.0. The molecule has 0 aliphatic carbocycles. The van der Waals surface area contributed by atoms with Crippen LogP contribution < -0.4 is 17.0 Å². The van der Waals surface area contributed by atoms with E-state index in [1.165, 1.54) is 63.2 Å². The first kappa shape index (κ1) is 23.7. The molecule has 20 heavy (non-hydrogen) atoms. The lowest BCUT2D eigenvalue weighted by molar-refractivity contribution is -0.00000413. The third-order valence-corrected chi connectivity index (χ3v) is 9.75. The molecule has 0 fully saturated rings. The summed E-state index contributed by atoms with van der Waals surface area (Å²) >= 11 is 9.66. The Morgan fingerprint density at radius 1 is 0.950 bits per heavy atom. The van der Waals surface area contributed by atoms with Gasteiger partial charge in [0, 0.05) is 17.6 Å². The zero-order chi connectivity index (χ0) is 14.6. The van der Waals surface area contributed by atoms with Crippen molar-refractivity contribution in [3.8, 4) is 0 Å². The molecule has 0 N–H and O–H groups in total. The van der Waals surface area contributed by atoms with Crippen molar-refractivity contribution in [2.45, 2.75) is 59.3 Å². The van der Waals surface area contributed by atoms with Gasteiger partial charge in [-0.1, -0.05) is 67.6 Å². The van der Waals surface area contributed by atoms with Crippen LogP contribution in [0.1, 0.15) is 59.3 Å². The molecule has 0 radical (unpaired) electrons. The third-order valence-electron chi connectivity index (χ3n) is 3.79. The molecule has 0 heterocycles. The maximum atomic E-state index is 6.21. The van der Waals surface area contributed by atoms with Gasteiger partial charge in [-0.15, -0.1) is 0 Å². The van der Waals surface area contributed by atoms with Crippen LogP contribution in [0.5, 0.6) is 0 Å². The summed E-state index contributed by atoms with van der Waals surface area (Å²) < 4.78 is 0. The summed E-state index contributed by atoms with van der Waals surface area (Å²) in [5.74, 6) is 0. The minimum Gasteiger partial charge on any atom is -1.00 e. The van der Waals surface area contributed by atoms with Gasteiger partial charge in [0.15, 0.2) is 0 Å². The van der Waals surface area contributed by atoms with E-state index in [9.17, 15) is 0 Å². The topological polar surface area (TPSA) is 0 Å². The van der Waals surface area contributed by atoms with Crippen molar-refractivity contribution in [1.29, 1.82) is 0 Å². The Morgan fingerprint density at radius 2 is 1.35 bits per heavy atom. The van der Waals surface area contributed by atoms with Gasteiger partial charge in [0.25, 0.3) is 0 Å². The van der Waals surface area contributed by atoms with E-state index in [2.05, 4.69) is 42.8 Å². The molecule has 0 unspecified atom stereocenters. The van der Waals surface area contributed by atoms with Crippen LogP contribution in [-0.2, 0) is 0 Å². The number of alkyl halides is 1. The van der Waals surface area contributed by atoms with E-state index in [4.69, 9.17) is 11.6 Å². The predicted octanol–water partition coefficient (Wildman–Crippen LogP) is 3.93. The predicted molar refractivity (Wildman–Crippen MR) is 98.8 cm³/mol. The highest BCUT2D eigenvalue weighted by molar-refractivity contribution is 9.09. The minimum atomic E-state index is -0.794. The Bertz CT molecular complexity index is 223. The molecule has 0 saturated heterocycles. The molecule has 0 nitrogen and oxygen atoms in total. The van der Waals surface area contributed by atoms with Crippen molar-refractivity contribution in [2.75, 3.05) is 30.0 Å². The molecule has 0 atom stereocenters. The van der Waals surface area contributed by atoms with Crippen LogP contribution in [0.2, 0.25) is 0 Å². The summed E-state index contributed by atoms with van der Waals surface area (Å²) in [5.41, 5.74) is 0. The molecular formula is C16H32Br2ClP. The number of halogens is 3. The summed E-state index contributed by atoms with van der Waals surface area (Å²) in [6.07, 6.45) is 16.2. The first-order valence-electron chi connectivity index (χ1n) is 7.89. The van der Waals surface area contributed by atoms with Gasteiger partial charge in [0.2, 0.25) is 0 Å². The summed E-state index contributed by atoms with van der Waals surface area (Å²) in [5, 5.41) is 1.80. The zero-order valence-electron chi connectivity index (χ0n) is 13.4. The molecule has 0 spiro atoms. The highest BCUT2D eigenvalue weighted by atomic mass is 79.9. The summed E-state index contributed by atoms with van der Waals surface area (Å²) in [6.45, 7) is 6.95. The lowest BCUT2D eigenvalue weighted by Crippen LogP contribution is -3.00. The van der Waals surface area contributed by atoms with Gasteiger partial charge in [-0.05, 0) is 25.3 Å². The van der Waals surface area contributed by atoms with Crippen molar-refractivity contribution >= 4 is 34.8 Å². The Hall–Kier alpha value is 1.42. The van der Waals surface area contributed by atoms with Gasteiger partial charge >= 0.3 is 0 Å². The Kier molecular flexibility index (Phi) is 18.1. The fraction of sp³-hybridized carbons (Fsp3) is 0.875. The SMILES string of the molecule is CCCC[P+](CC=C(Cl)CBr)(CCCC)CCCC.[Br-]. The molecule has 4 heteroatoms. The van der Waals surface area contributed by atoms with Crippen LogP contribution in [0.25, 0.3) is 0 Å². The molecule has 0 rings (SSSR count). The van der Waals surface area contributed by atoms with Crippen LogP contribution in [-0.4, -0.2) is 30.0 Å². The Labute approximate surface area is 151 Å². The Balaban J connectivity index is 0. The lowest BCUT2D eigenvalue weighted by Gasteiger charge is -2.27. The summed E-state index contributed by atoms with van der Waals surface area (Å²) in [6, 6.07) is 0. The average molecular weight is 451 g/mol. The van der Waals surface area contributed by atoms with Crippen molar-refractivity contribution in [3.05, 3.63) is 11.1 Å². The van der Waals surface area contributed by atoms with Gasteiger partial charge in [0.1, 0.15) is 0 Å². The van der Waals surface area contributed by atoms with Gasteiger partial charge in [-0.2, -0.15) is 0 Å². The van der Waals surface area contributed by atoms with E-state index in [0.29, 0.717) is 0 Å². The van der Waals surface area contributed by atoms with E-state index >= 15 is 0 Å². The van der Waals surface area contributed by atoms with Crippen LogP contribution in [0.4, 0.5) is 0 Å². The summed E-state index contributed by atoms with van der Waals surface area (Å²) in [4.78, 5) is 0. The number of hydrogen-bond acceptors (Lipinski definition) is 0. The van der Waals surface area contributed by atoms with E-state index < -0.39 is 7.26 Å². The van der Waals surface area contributed by atoms with E-state index in [-0.39, 0.29) is 17.0 Å². The van der Waals surface area contributed by atoms with Gasteiger partial charge < -0.3 is 17.0 Å². The largest absolute Gasteiger partial charge is 1.00 e. The van der Waals surface area contributed by atoms with E-state index in [1.54, 1.807) is 0 Å². The fourth-order valence-electron chi connectivity index (χ4n) is 2.44. The van der Waals surface area contributed by atoms with Crippen LogP contribution in [0, 0.1) is 0 Å². The first-order chi connectivity index (χ1) is 9.14. The molecule has 0 aromatic heterocycles. The molecule has 122 valence electrons. The van der Waals surface area contributed by atoms with Crippen molar-refractivity contribution < 1.29 is 17.0 Å². The molecule has 0 saturated carbocycles. The van der Waals surface area contributed by atoms with E-state index in [0.717, 1.165) is 10.4 Å². The monoisotopic (exact) mass is 448 g/mol. The Morgan fingerprint density at radius 3 is 1.65 bits per heavy atom.